The molecule has 1 aromatic rings. The van der Waals surface area contributed by atoms with Gasteiger partial charge < -0.3 is 4.90 Å². The van der Waals surface area contributed by atoms with E-state index in [1.54, 1.807) is 12.1 Å². The van der Waals surface area contributed by atoms with E-state index in [1.807, 2.05) is 38.1 Å². The first-order valence-corrected chi connectivity index (χ1v) is 5.53. The van der Waals surface area contributed by atoms with E-state index < -0.39 is 0 Å². The van der Waals surface area contributed by atoms with Crippen LogP contribution in [-0.4, -0.2) is 49.3 Å². The number of carbonyl (C=O) groups is 2. The second-order valence-corrected chi connectivity index (χ2v) is 4.22. The molecule has 4 nitrogen and oxygen atoms in total. The van der Waals surface area contributed by atoms with Crippen molar-refractivity contribution in [2.24, 2.45) is 0 Å². The fourth-order valence-electron chi connectivity index (χ4n) is 1.48. The molecule has 0 atom stereocenters. The third-order valence-corrected chi connectivity index (χ3v) is 2.55. The van der Waals surface area contributed by atoms with E-state index in [-0.39, 0.29) is 5.91 Å². The highest BCUT2D eigenvalue weighted by Gasteiger charge is 2.16. The molecular formula is C13H18N2O2. The Morgan fingerprint density at radius 3 is 2.41 bits per heavy atom. The van der Waals surface area contributed by atoms with E-state index in [0.29, 0.717) is 25.1 Å². The summed E-state index contributed by atoms with van der Waals surface area (Å²) < 4.78 is 0. The van der Waals surface area contributed by atoms with E-state index >= 15 is 0 Å². The zero-order valence-electron chi connectivity index (χ0n) is 10.5. The molecule has 0 aliphatic carbocycles. The van der Waals surface area contributed by atoms with Gasteiger partial charge in [0, 0.05) is 18.7 Å². The van der Waals surface area contributed by atoms with Crippen LogP contribution in [0.5, 0.6) is 0 Å². The van der Waals surface area contributed by atoms with Crippen LogP contribution in [0.2, 0.25) is 0 Å². The number of nitrogens with zero attached hydrogens (tertiary/aromatic N) is 2. The normalized spacial score (nSPS) is 10.4. The van der Waals surface area contributed by atoms with Crippen LogP contribution in [0.3, 0.4) is 0 Å². The Labute approximate surface area is 102 Å². The number of likely N-dealkylation sites (N-methyl/N-ethyl adjacent to an activating group) is 1. The van der Waals surface area contributed by atoms with Gasteiger partial charge in [-0.3, -0.25) is 14.5 Å². The zero-order chi connectivity index (χ0) is 12.8. The van der Waals surface area contributed by atoms with Crippen LogP contribution in [0.4, 0.5) is 0 Å². The molecule has 1 aromatic carbocycles. The van der Waals surface area contributed by atoms with Crippen LogP contribution in [0.25, 0.3) is 0 Å². The first-order chi connectivity index (χ1) is 8.06. The average Bonchev–Trinajstić information content (AvgIpc) is 2.29. The van der Waals surface area contributed by atoms with Gasteiger partial charge in [0.15, 0.2) is 0 Å². The summed E-state index contributed by atoms with van der Waals surface area (Å²) in [5, 5.41) is 0. The number of amides is 2. The Hall–Kier alpha value is -1.68. The summed E-state index contributed by atoms with van der Waals surface area (Å²) in [4.78, 5) is 26.2. The van der Waals surface area contributed by atoms with E-state index in [0.717, 1.165) is 5.56 Å². The van der Waals surface area contributed by atoms with Crippen LogP contribution < -0.4 is 0 Å². The maximum Gasteiger partial charge on any atom is 0.260 e. The Morgan fingerprint density at radius 1 is 1.24 bits per heavy atom. The quantitative estimate of drug-likeness (QED) is 0.718. The van der Waals surface area contributed by atoms with Crippen LogP contribution in [0, 0.1) is 6.92 Å². The van der Waals surface area contributed by atoms with Gasteiger partial charge in [0.1, 0.15) is 0 Å². The molecule has 0 unspecified atom stereocenters. The molecule has 0 heterocycles. The molecule has 0 aromatic heterocycles. The summed E-state index contributed by atoms with van der Waals surface area (Å²) in [5.41, 5.74) is 1.47. The Morgan fingerprint density at radius 2 is 1.88 bits per heavy atom. The summed E-state index contributed by atoms with van der Waals surface area (Å²) in [6, 6.07) is 7.28. The number of hydrogen-bond acceptors (Lipinski definition) is 3. The second-order valence-electron chi connectivity index (χ2n) is 4.22. The summed E-state index contributed by atoms with van der Waals surface area (Å²) in [5.74, 6) is -0.236. The van der Waals surface area contributed by atoms with Crippen molar-refractivity contribution in [1.29, 1.82) is 0 Å². The van der Waals surface area contributed by atoms with Gasteiger partial charge in [0.25, 0.3) is 5.91 Å². The highest BCUT2D eigenvalue weighted by molar-refractivity contribution is 6.00. The van der Waals surface area contributed by atoms with Crippen molar-refractivity contribution in [3.8, 4) is 0 Å². The number of imide groups is 1. The van der Waals surface area contributed by atoms with Crippen LogP contribution in [0.1, 0.15) is 15.9 Å². The van der Waals surface area contributed by atoms with Crippen LogP contribution in [-0.2, 0) is 4.79 Å². The monoisotopic (exact) mass is 234 g/mol. The maximum absolute atomic E-state index is 12.1. The van der Waals surface area contributed by atoms with Crippen molar-refractivity contribution in [3.63, 3.8) is 0 Å². The molecule has 0 saturated heterocycles. The molecule has 0 aliphatic rings. The van der Waals surface area contributed by atoms with Crippen molar-refractivity contribution >= 4 is 12.3 Å². The summed E-state index contributed by atoms with van der Waals surface area (Å²) >= 11 is 0. The zero-order valence-corrected chi connectivity index (χ0v) is 10.5. The fraction of sp³-hybridized carbons (Fsp3) is 0.385. The van der Waals surface area contributed by atoms with Gasteiger partial charge >= 0.3 is 0 Å². The van der Waals surface area contributed by atoms with E-state index in [2.05, 4.69) is 0 Å². The lowest BCUT2D eigenvalue weighted by atomic mass is 10.1. The molecule has 0 spiro atoms. The van der Waals surface area contributed by atoms with Crippen molar-refractivity contribution in [3.05, 3.63) is 35.4 Å². The fourth-order valence-corrected chi connectivity index (χ4v) is 1.48. The minimum atomic E-state index is -0.236. The Bertz CT molecular complexity index is 402. The van der Waals surface area contributed by atoms with E-state index in [1.165, 1.54) is 4.90 Å². The topological polar surface area (TPSA) is 40.6 Å². The third kappa shape index (κ3) is 3.67. The first kappa shape index (κ1) is 13.4. The van der Waals surface area contributed by atoms with Crippen molar-refractivity contribution in [2.75, 3.05) is 27.2 Å². The smallest absolute Gasteiger partial charge is 0.260 e. The largest absolute Gasteiger partial charge is 0.308 e. The lowest BCUT2D eigenvalue weighted by Gasteiger charge is -2.19. The van der Waals surface area contributed by atoms with Crippen molar-refractivity contribution < 1.29 is 9.59 Å². The Kier molecular flexibility index (Phi) is 4.84. The van der Waals surface area contributed by atoms with Crippen molar-refractivity contribution in [2.45, 2.75) is 6.92 Å². The molecule has 0 radical (unpaired) electrons. The lowest BCUT2D eigenvalue weighted by molar-refractivity contribution is -0.116. The summed E-state index contributed by atoms with van der Waals surface area (Å²) in [6.07, 6.45) is 0.596. The minimum Gasteiger partial charge on any atom is -0.308 e. The van der Waals surface area contributed by atoms with Gasteiger partial charge in [-0.15, -0.1) is 0 Å². The van der Waals surface area contributed by atoms with Gasteiger partial charge in [0.05, 0.1) is 0 Å². The molecule has 0 saturated carbocycles. The van der Waals surface area contributed by atoms with E-state index in [9.17, 15) is 9.59 Å². The highest BCUT2D eigenvalue weighted by Crippen LogP contribution is 2.09. The third-order valence-electron chi connectivity index (χ3n) is 2.55. The predicted octanol–water partition coefficient (Wildman–Crippen LogP) is 1.16. The van der Waals surface area contributed by atoms with Gasteiger partial charge in [-0.25, -0.2) is 0 Å². The van der Waals surface area contributed by atoms with Gasteiger partial charge in [-0.2, -0.15) is 0 Å². The SMILES string of the molecule is Cc1ccccc1C(=O)N(C=O)CCN(C)C. The van der Waals surface area contributed by atoms with Gasteiger partial charge in [-0.05, 0) is 32.6 Å². The number of hydrogen-bond donors (Lipinski definition) is 0. The predicted molar refractivity (Wildman–Crippen MR) is 66.8 cm³/mol. The number of aryl methyl sites for hydroxylation is 1. The molecule has 0 bridgehead atoms. The Balaban J connectivity index is 2.79. The summed E-state index contributed by atoms with van der Waals surface area (Å²) in [7, 11) is 3.81. The molecule has 2 amide bonds. The van der Waals surface area contributed by atoms with Crippen molar-refractivity contribution in [1.82, 2.24) is 9.80 Å². The molecule has 0 aliphatic heterocycles. The molecule has 0 N–H and O–H groups in total. The maximum atomic E-state index is 12.1. The molecule has 17 heavy (non-hydrogen) atoms. The molecule has 4 heteroatoms. The second kappa shape index (κ2) is 6.15. The van der Waals surface area contributed by atoms with E-state index in [4.69, 9.17) is 0 Å². The van der Waals surface area contributed by atoms with Crippen LogP contribution >= 0.6 is 0 Å². The molecule has 1 rings (SSSR count). The lowest BCUT2D eigenvalue weighted by Crippen LogP contribution is -2.35. The molecule has 0 fully saturated rings. The number of benzene rings is 1. The van der Waals surface area contributed by atoms with Gasteiger partial charge in [-0.1, -0.05) is 18.2 Å². The summed E-state index contributed by atoms with van der Waals surface area (Å²) in [6.45, 7) is 2.93. The van der Waals surface area contributed by atoms with Gasteiger partial charge in [0.2, 0.25) is 6.41 Å². The van der Waals surface area contributed by atoms with Crippen LogP contribution in [0.15, 0.2) is 24.3 Å². The molecule has 92 valence electrons. The highest BCUT2D eigenvalue weighted by atomic mass is 16.2. The minimum absolute atomic E-state index is 0.236. The number of rotatable bonds is 5. The standard InChI is InChI=1S/C13H18N2O2/c1-11-6-4-5-7-12(11)13(17)15(10-16)9-8-14(2)3/h4-7,10H,8-9H2,1-3H3. The first-order valence-electron chi connectivity index (χ1n) is 5.53. The average molecular weight is 234 g/mol. The number of carbonyl (C=O) groups excluding carboxylic acids is 2. The molecular weight excluding hydrogens is 216 g/mol.